The van der Waals surface area contributed by atoms with Gasteiger partial charge >= 0.3 is 0 Å². The van der Waals surface area contributed by atoms with E-state index in [1.807, 2.05) is 0 Å². The predicted molar refractivity (Wildman–Crippen MR) is 78.8 cm³/mol. The van der Waals surface area contributed by atoms with E-state index in [4.69, 9.17) is 4.74 Å². The normalized spacial score (nSPS) is 29.3. The molecular weight excluding hydrogens is 308 g/mol. The van der Waals surface area contributed by atoms with Crippen molar-refractivity contribution in [1.29, 1.82) is 0 Å². The molecule has 0 aliphatic carbocycles. The molecule has 1 N–H and O–H groups in total. The van der Waals surface area contributed by atoms with Crippen LogP contribution in [0, 0.1) is 0 Å². The van der Waals surface area contributed by atoms with E-state index in [-0.39, 0.29) is 30.6 Å². The molecule has 122 valence electrons. The molecule has 0 spiro atoms. The Morgan fingerprint density at radius 3 is 2.91 bits per heavy atom. The van der Waals surface area contributed by atoms with Crippen molar-refractivity contribution < 1.29 is 17.9 Å². The van der Waals surface area contributed by atoms with Crippen LogP contribution in [0.2, 0.25) is 0 Å². The van der Waals surface area contributed by atoms with E-state index in [1.54, 1.807) is 24.0 Å². The number of amides is 1. The van der Waals surface area contributed by atoms with Gasteiger partial charge in [0.25, 0.3) is 5.91 Å². The monoisotopic (exact) mass is 328 g/mol. The van der Waals surface area contributed by atoms with Crippen LogP contribution in [0.4, 0.5) is 0 Å². The predicted octanol–water partition coefficient (Wildman–Crippen LogP) is -0.659. The van der Waals surface area contributed by atoms with Crippen LogP contribution in [0.5, 0.6) is 0 Å². The lowest BCUT2D eigenvalue weighted by atomic mass is 10.0. The quantitative estimate of drug-likeness (QED) is 0.795. The summed E-state index contributed by atoms with van der Waals surface area (Å²) in [6.45, 7) is 0.831. The number of fused-ring (bicyclic) bond motifs is 1. The fourth-order valence-electron chi connectivity index (χ4n) is 3.24. The molecule has 3 atom stereocenters. The smallest absolute Gasteiger partial charge is 0.287 e. The van der Waals surface area contributed by atoms with Crippen molar-refractivity contribution in [3.63, 3.8) is 0 Å². The Morgan fingerprint density at radius 1 is 1.50 bits per heavy atom. The van der Waals surface area contributed by atoms with Crippen molar-refractivity contribution in [3.8, 4) is 0 Å². The Morgan fingerprint density at radius 2 is 2.27 bits per heavy atom. The third kappa shape index (κ3) is 2.75. The van der Waals surface area contributed by atoms with Crippen molar-refractivity contribution in [3.05, 3.63) is 18.2 Å². The van der Waals surface area contributed by atoms with Gasteiger partial charge in [-0.15, -0.1) is 0 Å². The minimum Gasteiger partial charge on any atom is -0.374 e. The molecule has 0 bridgehead atoms. The number of hydrogen-bond donors (Lipinski definition) is 1. The maximum Gasteiger partial charge on any atom is 0.287 e. The molecule has 2 saturated heterocycles. The fraction of sp³-hybridized carbons (Fsp3) is 0.692. The average Bonchev–Trinajstić information content (AvgIpc) is 3.03. The summed E-state index contributed by atoms with van der Waals surface area (Å²) < 4.78 is 32.7. The van der Waals surface area contributed by atoms with Crippen LogP contribution in [-0.4, -0.2) is 65.8 Å². The summed E-state index contributed by atoms with van der Waals surface area (Å²) in [5.74, 6) is -0.0223. The molecule has 2 aliphatic heterocycles. The summed E-state index contributed by atoms with van der Waals surface area (Å²) in [5, 5.41) is 2.87. The van der Waals surface area contributed by atoms with E-state index in [0.29, 0.717) is 12.4 Å². The second-order valence-corrected chi connectivity index (χ2v) is 7.75. The fourth-order valence-corrected chi connectivity index (χ4v) is 4.39. The van der Waals surface area contributed by atoms with E-state index in [0.717, 1.165) is 12.8 Å². The third-order valence-electron chi connectivity index (χ3n) is 4.24. The van der Waals surface area contributed by atoms with Crippen LogP contribution in [0.25, 0.3) is 0 Å². The number of carbonyl (C=O) groups excluding carboxylic acids is 1. The molecule has 1 amide bonds. The minimum absolute atomic E-state index is 0.199. The Hall–Kier alpha value is -1.45. The summed E-state index contributed by atoms with van der Waals surface area (Å²) in [5.41, 5.74) is 0. The van der Waals surface area contributed by atoms with Gasteiger partial charge in [-0.2, -0.15) is 4.31 Å². The summed E-state index contributed by atoms with van der Waals surface area (Å²) >= 11 is 0. The third-order valence-corrected chi connectivity index (χ3v) is 5.52. The molecule has 0 saturated carbocycles. The SMILES string of the molecule is Cn1ccnc1C(=O)N[C@@H]1CN(S(C)(=O)=O)[C@H]2CCCO[C@@H]12. The maximum absolute atomic E-state index is 12.3. The second-order valence-electron chi connectivity index (χ2n) is 5.82. The van der Waals surface area contributed by atoms with E-state index in [2.05, 4.69) is 10.3 Å². The van der Waals surface area contributed by atoms with Gasteiger partial charge in [-0.3, -0.25) is 4.79 Å². The summed E-state index contributed by atoms with van der Waals surface area (Å²) in [7, 11) is -1.59. The summed E-state index contributed by atoms with van der Waals surface area (Å²) in [6, 6.07) is -0.556. The zero-order valence-corrected chi connectivity index (χ0v) is 13.4. The zero-order chi connectivity index (χ0) is 15.9. The number of hydrogen-bond acceptors (Lipinski definition) is 5. The molecular formula is C13H20N4O4S. The van der Waals surface area contributed by atoms with Crippen LogP contribution in [0.1, 0.15) is 23.5 Å². The molecule has 1 aromatic rings. The summed E-state index contributed by atoms with van der Waals surface area (Å²) in [4.78, 5) is 16.3. The molecule has 0 aromatic carbocycles. The first kappa shape index (κ1) is 15.4. The zero-order valence-electron chi connectivity index (χ0n) is 12.6. The van der Waals surface area contributed by atoms with Gasteiger partial charge in [0.15, 0.2) is 5.82 Å². The van der Waals surface area contributed by atoms with Gasteiger partial charge in [-0.25, -0.2) is 13.4 Å². The van der Waals surface area contributed by atoms with Crippen LogP contribution < -0.4 is 5.32 Å². The standard InChI is InChI=1S/C13H20N4O4S/c1-16-6-5-14-12(16)13(18)15-9-8-17(22(2,19)20)10-4-3-7-21-11(9)10/h5-6,9-11H,3-4,7-8H2,1-2H3,(H,15,18)/t9-,10+,11+/m1/s1. The minimum atomic E-state index is -3.32. The lowest BCUT2D eigenvalue weighted by Crippen LogP contribution is -2.48. The molecule has 2 fully saturated rings. The number of aromatic nitrogens is 2. The highest BCUT2D eigenvalue weighted by Crippen LogP contribution is 2.30. The molecule has 3 rings (SSSR count). The van der Waals surface area contributed by atoms with Crippen molar-refractivity contribution in [1.82, 2.24) is 19.2 Å². The number of sulfonamides is 1. The molecule has 0 unspecified atom stereocenters. The average molecular weight is 328 g/mol. The number of carbonyl (C=O) groups is 1. The van der Waals surface area contributed by atoms with E-state index < -0.39 is 10.0 Å². The number of nitrogens with zero attached hydrogens (tertiary/aromatic N) is 3. The Kier molecular flexibility index (Phi) is 3.96. The largest absolute Gasteiger partial charge is 0.374 e. The number of imidazole rings is 1. The maximum atomic E-state index is 12.3. The van der Waals surface area contributed by atoms with Crippen molar-refractivity contribution in [2.75, 3.05) is 19.4 Å². The van der Waals surface area contributed by atoms with E-state index in [1.165, 1.54) is 10.6 Å². The second kappa shape index (κ2) is 5.64. The van der Waals surface area contributed by atoms with Crippen LogP contribution >= 0.6 is 0 Å². The van der Waals surface area contributed by atoms with Crippen molar-refractivity contribution in [2.24, 2.45) is 7.05 Å². The van der Waals surface area contributed by atoms with Gasteiger partial charge in [-0.05, 0) is 12.8 Å². The van der Waals surface area contributed by atoms with Crippen molar-refractivity contribution >= 4 is 15.9 Å². The molecule has 1 aromatic heterocycles. The number of rotatable bonds is 3. The Bertz CT molecular complexity index is 671. The summed E-state index contributed by atoms with van der Waals surface area (Å²) in [6.07, 6.45) is 5.72. The number of ether oxygens (including phenoxy) is 1. The van der Waals surface area contributed by atoms with Crippen molar-refractivity contribution in [2.45, 2.75) is 31.0 Å². The molecule has 0 radical (unpaired) electrons. The van der Waals surface area contributed by atoms with E-state index >= 15 is 0 Å². The lowest BCUT2D eigenvalue weighted by molar-refractivity contribution is -0.0104. The van der Waals surface area contributed by atoms with Gasteiger partial charge in [0, 0.05) is 32.6 Å². The Balaban J connectivity index is 1.79. The van der Waals surface area contributed by atoms with Crippen LogP contribution in [0.3, 0.4) is 0 Å². The Labute approximate surface area is 129 Å². The molecule has 8 nitrogen and oxygen atoms in total. The number of nitrogens with one attached hydrogen (secondary N) is 1. The first-order valence-corrected chi connectivity index (χ1v) is 9.09. The van der Waals surface area contributed by atoms with Gasteiger partial charge in [0.1, 0.15) is 0 Å². The van der Waals surface area contributed by atoms with Gasteiger partial charge in [0.05, 0.1) is 24.4 Å². The topological polar surface area (TPSA) is 93.5 Å². The molecule has 9 heteroatoms. The first-order valence-electron chi connectivity index (χ1n) is 7.24. The van der Waals surface area contributed by atoms with Gasteiger partial charge < -0.3 is 14.6 Å². The molecule has 2 aliphatic rings. The first-order chi connectivity index (χ1) is 10.4. The van der Waals surface area contributed by atoms with Gasteiger partial charge in [-0.1, -0.05) is 0 Å². The molecule has 3 heterocycles. The van der Waals surface area contributed by atoms with E-state index in [9.17, 15) is 13.2 Å². The van der Waals surface area contributed by atoms with Crippen LogP contribution in [0.15, 0.2) is 12.4 Å². The van der Waals surface area contributed by atoms with Gasteiger partial charge in [0.2, 0.25) is 10.0 Å². The highest BCUT2D eigenvalue weighted by atomic mass is 32.2. The molecule has 22 heavy (non-hydrogen) atoms. The number of aryl methyl sites for hydroxylation is 1. The lowest BCUT2D eigenvalue weighted by Gasteiger charge is -2.31. The van der Waals surface area contributed by atoms with Crippen LogP contribution in [-0.2, 0) is 21.8 Å². The highest BCUT2D eigenvalue weighted by Gasteiger charge is 2.48. The highest BCUT2D eigenvalue weighted by molar-refractivity contribution is 7.88.